The summed E-state index contributed by atoms with van der Waals surface area (Å²) in [6.07, 6.45) is -2.74. The highest BCUT2D eigenvalue weighted by Crippen LogP contribution is 2.51. The fraction of sp³-hybridized carbons (Fsp3) is 0.100. The van der Waals surface area contributed by atoms with Gasteiger partial charge in [-0.1, -0.05) is 148 Å². The van der Waals surface area contributed by atoms with Crippen molar-refractivity contribution in [2.45, 2.75) is 32.3 Å². The van der Waals surface area contributed by atoms with Crippen LogP contribution in [0.25, 0.3) is 82.8 Å². The fourth-order valence-corrected chi connectivity index (χ4v) is 8.24. The van der Waals surface area contributed by atoms with Crippen molar-refractivity contribution in [3.05, 3.63) is 181 Å². The van der Waals surface area contributed by atoms with Crippen molar-refractivity contribution in [3.8, 4) is 50.2 Å². The predicted octanol–water partition coefficient (Wildman–Crippen LogP) is 13.2. The first kappa shape index (κ1) is 21.2. The van der Waals surface area contributed by atoms with E-state index in [2.05, 4.69) is 29.2 Å². The zero-order chi connectivity index (χ0) is 44.3. The van der Waals surface area contributed by atoms with Crippen molar-refractivity contribution in [3.63, 3.8) is 0 Å². The van der Waals surface area contributed by atoms with E-state index in [1.807, 2.05) is 91.0 Å². The second-order valence-electron chi connectivity index (χ2n) is 13.4. The molecule has 0 saturated heterocycles. The number of hydrogen-bond donors (Lipinski definition) is 0. The Morgan fingerprint density at radius 1 is 0.538 bits per heavy atom. The smallest absolute Gasteiger partial charge is 0.114 e. The molecule has 0 saturated carbocycles. The third kappa shape index (κ3) is 4.54. The molecular weight excluding hydrogens is 629 g/mol. The molecule has 0 N–H and O–H groups in total. The predicted molar refractivity (Wildman–Crippen MR) is 219 cm³/mol. The lowest BCUT2D eigenvalue weighted by Crippen LogP contribution is -2.14. The van der Waals surface area contributed by atoms with Crippen LogP contribution in [0.2, 0.25) is 0 Å². The van der Waals surface area contributed by atoms with E-state index in [1.54, 1.807) is 53.1 Å². The highest BCUT2D eigenvalue weighted by Gasteiger charge is 2.35. The Morgan fingerprint density at radius 3 is 1.87 bits per heavy atom. The van der Waals surface area contributed by atoms with Crippen molar-refractivity contribution >= 4 is 32.6 Å². The maximum absolute atomic E-state index is 8.80. The third-order valence-corrected chi connectivity index (χ3v) is 10.5. The van der Waals surface area contributed by atoms with Gasteiger partial charge < -0.3 is 0 Å². The Hall–Kier alpha value is -6.25. The summed E-state index contributed by atoms with van der Waals surface area (Å²) >= 11 is 0. The average molecular weight is 678 g/mol. The summed E-state index contributed by atoms with van der Waals surface area (Å²) in [4.78, 5) is 4.50. The number of aryl methyl sites for hydroxylation is 1. The Kier molecular flexibility index (Phi) is 4.75. The molecule has 0 fully saturated rings. The molecule has 10 rings (SSSR count). The maximum Gasteiger partial charge on any atom is 0.114 e. The molecule has 52 heavy (non-hydrogen) atoms. The van der Waals surface area contributed by atoms with Gasteiger partial charge in [0.05, 0.1) is 11.0 Å². The van der Waals surface area contributed by atoms with Crippen LogP contribution in [0.4, 0.5) is 0 Å². The molecule has 0 bridgehead atoms. The van der Waals surface area contributed by atoms with Gasteiger partial charge >= 0.3 is 0 Å². The molecule has 9 aromatic rings. The minimum atomic E-state index is -2.97. The number of nitrogens with zero attached hydrogens (tertiary/aromatic N) is 2. The van der Waals surface area contributed by atoms with Crippen LogP contribution in [-0.4, -0.2) is 9.55 Å². The fourth-order valence-electron chi connectivity index (χ4n) is 8.24. The van der Waals surface area contributed by atoms with Gasteiger partial charge in [-0.2, -0.15) is 0 Å². The summed E-state index contributed by atoms with van der Waals surface area (Å²) in [5.41, 5.74) is 6.31. The molecule has 0 atom stereocenters. The molecule has 0 amide bonds. The van der Waals surface area contributed by atoms with Crippen molar-refractivity contribution in [2.24, 2.45) is 0 Å². The third-order valence-electron chi connectivity index (χ3n) is 10.5. The first-order valence-corrected chi connectivity index (χ1v) is 17.3. The highest BCUT2D eigenvalue weighted by atomic mass is 15.1. The molecule has 0 unspecified atom stereocenters. The van der Waals surface area contributed by atoms with E-state index in [9.17, 15) is 0 Å². The molecule has 8 aromatic carbocycles. The molecule has 1 aromatic heterocycles. The van der Waals surface area contributed by atoms with Crippen molar-refractivity contribution in [1.82, 2.24) is 9.55 Å². The van der Waals surface area contributed by atoms with Crippen molar-refractivity contribution in [2.75, 3.05) is 0 Å². The molecule has 248 valence electrons. The minimum absolute atomic E-state index is 0.206. The lowest BCUT2D eigenvalue weighted by atomic mass is 9.80. The number of para-hydroxylation sites is 2. The van der Waals surface area contributed by atoms with Gasteiger partial charge in [0, 0.05) is 32.6 Å². The Balaban J connectivity index is 1.15. The molecule has 1 heterocycles. The van der Waals surface area contributed by atoms with Gasteiger partial charge in [-0.25, -0.2) is 4.98 Å². The lowest BCUT2D eigenvalue weighted by Gasteiger charge is -2.23. The van der Waals surface area contributed by atoms with Crippen LogP contribution in [0.5, 0.6) is 0 Å². The monoisotopic (exact) mass is 677 g/mol. The molecule has 1 aliphatic rings. The second kappa shape index (κ2) is 11.6. The molecule has 0 spiro atoms. The van der Waals surface area contributed by atoms with E-state index in [-0.39, 0.29) is 17.0 Å². The van der Waals surface area contributed by atoms with Crippen LogP contribution in [0.3, 0.4) is 0 Å². The first-order valence-electron chi connectivity index (χ1n) is 22.8. The van der Waals surface area contributed by atoms with Gasteiger partial charge in [-0.15, -0.1) is 0 Å². The lowest BCUT2D eigenvalue weighted by molar-refractivity contribution is 0.660. The topological polar surface area (TPSA) is 17.8 Å². The number of rotatable bonds is 5. The van der Waals surface area contributed by atoms with Crippen LogP contribution in [0.1, 0.15) is 52.6 Å². The number of aromatic nitrogens is 2. The van der Waals surface area contributed by atoms with Crippen LogP contribution >= 0.6 is 0 Å². The van der Waals surface area contributed by atoms with E-state index in [4.69, 9.17) is 15.1 Å². The number of benzene rings is 8. The van der Waals surface area contributed by atoms with E-state index in [1.165, 1.54) is 0 Å². The number of hydrogen-bond acceptors (Lipinski definition) is 1. The Bertz CT molecular complexity index is 3230. The normalized spacial score (nSPS) is 17.3. The largest absolute Gasteiger partial charge is 0.296 e. The minimum Gasteiger partial charge on any atom is -0.296 e. The zero-order valence-corrected chi connectivity index (χ0v) is 28.0. The van der Waals surface area contributed by atoms with Crippen LogP contribution in [0, 0.1) is 0 Å². The van der Waals surface area contributed by atoms with Crippen LogP contribution in [0.15, 0.2) is 164 Å². The van der Waals surface area contributed by atoms with Gasteiger partial charge in [0.2, 0.25) is 0 Å². The van der Waals surface area contributed by atoms with E-state index < -0.39 is 32.3 Å². The quantitative estimate of drug-likeness (QED) is 0.166. The molecule has 0 radical (unpaired) electrons. The van der Waals surface area contributed by atoms with Crippen LogP contribution in [-0.2, 0) is 11.8 Å². The molecule has 2 nitrogen and oxygen atoms in total. The summed E-state index contributed by atoms with van der Waals surface area (Å²) in [5.74, 6) is -0.206. The van der Waals surface area contributed by atoms with Gasteiger partial charge in [0.25, 0.3) is 0 Å². The maximum atomic E-state index is 8.80. The standard InChI is InChI=1S/C50H38N2/c1-4-47-51-45-25-11-12-26-46(45)52(47)36-18-14-16-33(30-36)32-15-13-17-34(29-32)48-39-20-5-7-22-41(39)49(42-23-8-6-21-40(42)48)35-27-28-38-37-19-9-10-24-43(37)50(2,3)44(38)31-35/h5-31H,4H2,1-3H3/i1D3,2D3,3D3,4D2. The Labute approximate surface area is 320 Å². The van der Waals surface area contributed by atoms with Gasteiger partial charge in [0.1, 0.15) is 5.82 Å². The van der Waals surface area contributed by atoms with Crippen LogP contribution < -0.4 is 0 Å². The zero-order valence-electron chi connectivity index (χ0n) is 39.0. The molecule has 2 heteroatoms. The highest BCUT2D eigenvalue weighted by molar-refractivity contribution is 6.21. The van der Waals surface area contributed by atoms with Gasteiger partial charge in [-0.05, 0) is 114 Å². The second-order valence-corrected chi connectivity index (χ2v) is 13.4. The SMILES string of the molecule is [2H]C([2H])([2H])C([2H])([2H])c1nc2ccccc2n1-c1cccc(-c2cccc(-c3c4ccccc4c(-c4ccc5c(c4)C(C([2H])([2H])[2H])(C([2H])([2H])[2H])c4ccccc4-5)c4ccccc34)c2)c1. The van der Waals surface area contributed by atoms with E-state index >= 15 is 0 Å². The number of fused-ring (bicyclic) bond motifs is 6. The summed E-state index contributed by atoms with van der Waals surface area (Å²) in [6, 6.07) is 51.5. The molecule has 1 aliphatic carbocycles. The molecular formula is C50H38N2. The summed E-state index contributed by atoms with van der Waals surface area (Å²) in [7, 11) is 0. The van der Waals surface area contributed by atoms with E-state index in [0.29, 0.717) is 33.4 Å². The molecule has 0 aliphatic heterocycles. The summed E-state index contributed by atoms with van der Waals surface area (Å²) in [6.45, 7) is -8.75. The average Bonchev–Trinajstić information content (AvgIpc) is 3.80. The Morgan fingerprint density at radius 2 is 1.13 bits per heavy atom. The summed E-state index contributed by atoms with van der Waals surface area (Å²) < 4.78 is 95.9. The van der Waals surface area contributed by atoms with Crippen molar-refractivity contribution in [1.29, 1.82) is 0 Å². The van der Waals surface area contributed by atoms with Gasteiger partial charge in [0.15, 0.2) is 0 Å². The first-order chi connectivity index (χ1) is 29.9. The number of imidazole rings is 1. The van der Waals surface area contributed by atoms with Crippen molar-refractivity contribution < 1.29 is 15.1 Å². The van der Waals surface area contributed by atoms with Gasteiger partial charge in [-0.3, -0.25) is 4.57 Å². The van der Waals surface area contributed by atoms with E-state index in [0.717, 1.165) is 49.4 Å². The summed E-state index contributed by atoms with van der Waals surface area (Å²) in [5, 5.41) is 3.70.